The molecule has 9 heteroatoms. The Morgan fingerprint density at radius 1 is 1.60 bits per heavy atom. The Kier molecular flexibility index (Phi) is 5.91. The molecule has 0 fully saturated rings. The molecule has 112 valence electrons. The lowest BCUT2D eigenvalue weighted by Gasteiger charge is -2.05. The second-order valence-corrected chi connectivity index (χ2v) is 4.15. The van der Waals surface area contributed by atoms with Crippen molar-refractivity contribution in [2.45, 2.75) is 19.8 Å². The molecular weight excluding hydrogens is 268 g/mol. The van der Waals surface area contributed by atoms with E-state index in [4.69, 9.17) is 9.84 Å². The molecule has 1 aromatic heterocycles. The van der Waals surface area contributed by atoms with Gasteiger partial charge in [-0.15, -0.1) is 0 Å². The number of aliphatic carboxylic acids is 1. The number of rotatable bonds is 9. The summed E-state index contributed by atoms with van der Waals surface area (Å²) in [6, 6.07) is 0. The van der Waals surface area contributed by atoms with Crippen LogP contribution in [0, 0.1) is 10.1 Å². The lowest BCUT2D eigenvalue weighted by atomic mass is 10.2. The molecule has 0 radical (unpaired) electrons. The maximum atomic E-state index is 11.1. The highest BCUT2D eigenvalue weighted by Gasteiger charge is 2.25. The van der Waals surface area contributed by atoms with Crippen LogP contribution in [0.15, 0.2) is 0 Å². The van der Waals surface area contributed by atoms with Crippen molar-refractivity contribution in [2.24, 2.45) is 7.05 Å². The first-order valence-corrected chi connectivity index (χ1v) is 6.21. The fraction of sp³-hybridized carbons (Fsp3) is 0.636. The molecule has 2 N–H and O–H groups in total. The molecule has 0 aliphatic rings. The normalized spacial score (nSPS) is 10.5. The van der Waals surface area contributed by atoms with Gasteiger partial charge in [0.25, 0.3) is 0 Å². The summed E-state index contributed by atoms with van der Waals surface area (Å²) in [6.07, 6.45) is 1.29. The van der Waals surface area contributed by atoms with Crippen LogP contribution in [-0.4, -0.2) is 45.5 Å². The Balaban J connectivity index is 2.68. The first-order valence-electron chi connectivity index (χ1n) is 6.21. The summed E-state index contributed by atoms with van der Waals surface area (Å²) >= 11 is 0. The van der Waals surface area contributed by atoms with E-state index in [1.165, 1.54) is 4.68 Å². The van der Waals surface area contributed by atoms with Crippen LogP contribution in [0.2, 0.25) is 0 Å². The Bertz CT molecular complexity index is 485. The zero-order valence-electron chi connectivity index (χ0n) is 11.5. The molecule has 1 aromatic rings. The van der Waals surface area contributed by atoms with Crippen LogP contribution in [0.25, 0.3) is 0 Å². The minimum absolute atomic E-state index is 0.0346. The van der Waals surface area contributed by atoms with Crippen molar-refractivity contribution < 1.29 is 19.6 Å². The third kappa shape index (κ3) is 4.19. The molecule has 1 heterocycles. The smallest absolute Gasteiger partial charge is 0.333 e. The molecule has 20 heavy (non-hydrogen) atoms. The fourth-order valence-electron chi connectivity index (χ4n) is 1.76. The number of hydrogen-bond acceptors (Lipinski definition) is 6. The van der Waals surface area contributed by atoms with E-state index in [9.17, 15) is 14.9 Å². The van der Waals surface area contributed by atoms with Gasteiger partial charge >= 0.3 is 11.7 Å². The van der Waals surface area contributed by atoms with Gasteiger partial charge in [-0.2, -0.15) is 5.10 Å². The number of nitrogens with one attached hydrogen (secondary N) is 1. The minimum Gasteiger partial charge on any atom is -0.480 e. The van der Waals surface area contributed by atoms with Crippen LogP contribution in [0.1, 0.15) is 19.0 Å². The number of carboxylic acid groups (broad SMARTS) is 1. The summed E-state index contributed by atoms with van der Waals surface area (Å²) in [5.41, 5.74) is 0.404. The van der Waals surface area contributed by atoms with Gasteiger partial charge < -0.3 is 15.2 Å². The Hall–Kier alpha value is -2.16. The predicted octanol–water partition coefficient (Wildman–Crippen LogP) is 0.794. The van der Waals surface area contributed by atoms with Crippen molar-refractivity contribution in [1.82, 2.24) is 9.78 Å². The minimum atomic E-state index is -1.05. The van der Waals surface area contributed by atoms with Gasteiger partial charge in [0.2, 0.25) is 5.82 Å². The molecule has 0 amide bonds. The first kappa shape index (κ1) is 15.9. The average molecular weight is 286 g/mol. The highest BCUT2D eigenvalue weighted by Crippen LogP contribution is 2.28. The number of nitro groups is 1. The summed E-state index contributed by atoms with van der Waals surface area (Å²) in [6.45, 7) is 1.93. The maximum absolute atomic E-state index is 11.1. The molecule has 1 rings (SSSR count). The van der Waals surface area contributed by atoms with Crippen molar-refractivity contribution in [3.63, 3.8) is 0 Å². The van der Waals surface area contributed by atoms with Crippen LogP contribution in [0.3, 0.4) is 0 Å². The topological polar surface area (TPSA) is 120 Å². The Labute approximate surface area is 115 Å². The van der Waals surface area contributed by atoms with Crippen LogP contribution >= 0.6 is 0 Å². The highest BCUT2D eigenvalue weighted by atomic mass is 16.6. The number of nitrogens with zero attached hydrogens (tertiary/aromatic N) is 3. The van der Waals surface area contributed by atoms with Gasteiger partial charge in [-0.25, -0.2) is 9.48 Å². The second kappa shape index (κ2) is 7.43. The van der Waals surface area contributed by atoms with E-state index in [1.54, 1.807) is 7.05 Å². The fourth-order valence-corrected chi connectivity index (χ4v) is 1.76. The van der Waals surface area contributed by atoms with Gasteiger partial charge in [-0.3, -0.25) is 10.1 Å². The lowest BCUT2D eigenvalue weighted by molar-refractivity contribution is -0.384. The summed E-state index contributed by atoms with van der Waals surface area (Å²) in [4.78, 5) is 20.9. The van der Waals surface area contributed by atoms with E-state index in [-0.39, 0.29) is 18.8 Å². The van der Waals surface area contributed by atoms with Gasteiger partial charge in [0.15, 0.2) is 0 Å². The number of carbonyl (C=O) groups is 1. The zero-order chi connectivity index (χ0) is 15.1. The molecule has 0 bridgehead atoms. The van der Waals surface area contributed by atoms with Crippen LogP contribution in [0.5, 0.6) is 0 Å². The number of ether oxygens (including phenoxy) is 1. The monoisotopic (exact) mass is 286 g/mol. The van der Waals surface area contributed by atoms with Crippen LogP contribution < -0.4 is 5.32 Å². The molecule has 0 atom stereocenters. The first-order chi connectivity index (χ1) is 9.47. The molecule has 9 nitrogen and oxygen atoms in total. The summed E-state index contributed by atoms with van der Waals surface area (Å²) < 4.78 is 6.27. The standard InChI is InChI=1S/C11H18N4O5/c1-3-4-8-10(15(18)19)11(14(2)13-8)12-5-6-20-7-9(16)17/h12H,3-7H2,1-2H3,(H,16,17). The van der Waals surface area contributed by atoms with Crippen molar-refractivity contribution in [3.05, 3.63) is 15.8 Å². The molecule has 0 spiro atoms. The molecular formula is C11H18N4O5. The average Bonchev–Trinajstić information content (AvgIpc) is 2.65. The lowest BCUT2D eigenvalue weighted by Crippen LogP contribution is -2.16. The quantitative estimate of drug-likeness (QED) is 0.391. The third-order valence-electron chi connectivity index (χ3n) is 2.53. The molecule has 0 aliphatic heterocycles. The van der Waals surface area contributed by atoms with Gasteiger partial charge in [-0.05, 0) is 6.42 Å². The van der Waals surface area contributed by atoms with E-state index < -0.39 is 17.5 Å². The van der Waals surface area contributed by atoms with Gasteiger partial charge in [0.1, 0.15) is 12.3 Å². The van der Waals surface area contributed by atoms with Gasteiger partial charge in [-0.1, -0.05) is 13.3 Å². The summed E-state index contributed by atoms with van der Waals surface area (Å²) in [5, 5.41) is 26.5. The van der Waals surface area contributed by atoms with E-state index in [0.717, 1.165) is 6.42 Å². The van der Waals surface area contributed by atoms with Gasteiger partial charge in [0, 0.05) is 13.6 Å². The summed E-state index contributed by atoms with van der Waals surface area (Å²) in [7, 11) is 1.62. The maximum Gasteiger partial charge on any atom is 0.333 e. The van der Waals surface area contributed by atoms with E-state index in [2.05, 4.69) is 10.4 Å². The molecule has 0 saturated heterocycles. The van der Waals surface area contributed by atoms with E-state index >= 15 is 0 Å². The Morgan fingerprint density at radius 2 is 2.30 bits per heavy atom. The summed E-state index contributed by atoms with van der Waals surface area (Å²) in [5.74, 6) is -0.751. The highest BCUT2D eigenvalue weighted by molar-refractivity contribution is 5.68. The van der Waals surface area contributed by atoms with Crippen molar-refractivity contribution >= 4 is 17.5 Å². The number of carboxylic acids is 1. The number of hydrogen-bond donors (Lipinski definition) is 2. The zero-order valence-corrected chi connectivity index (χ0v) is 11.5. The number of anilines is 1. The molecule has 0 aromatic carbocycles. The number of aromatic nitrogens is 2. The Morgan fingerprint density at radius 3 is 2.85 bits per heavy atom. The third-order valence-corrected chi connectivity index (χ3v) is 2.53. The van der Waals surface area contributed by atoms with Crippen LogP contribution in [-0.2, 0) is 23.0 Å². The van der Waals surface area contributed by atoms with Gasteiger partial charge in [0.05, 0.1) is 11.5 Å². The molecule has 0 saturated carbocycles. The van der Waals surface area contributed by atoms with Crippen LogP contribution in [0.4, 0.5) is 11.5 Å². The van der Waals surface area contributed by atoms with Crippen molar-refractivity contribution in [2.75, 3.05) is 25.1 Å². The molecule has 0 unspecified atom stereocenters. The molecule has 0 aliphatic carbocycles. The second-order valence-electron chi connectivity index (χ2n) is 4.15. The predicted molar refractivity (Wildman–Crippen MR) is 70.8 cm³/mol. The SMILES string of the molecule is CCCc1nn(C)c(NCCOCC(=O)O)c1[N+](=O)[O-]. The van der Waals surface area contributed by atoms with Crippen molar-refractivity contribution in [1.29, 1.82) is 0 Å². The van der Waals surface area contributed by atoms with Crippen molar-refractivity contribution in [3.8, 4) is 0 Å². The van der Waals surface area contributed by atoms with E-state index in [1.807, 2.05) is 6.92 Å². The largest absolute Gasteiger partial charge is 0.480 e. The number of aryl methyl sites for hydroxylation is 2. The van der Waals surface area contributed by atoms with E-state index in [0.29, 0.717) is 17.9 Å².